The molecule has 1 aliphatic rings. The van der Waals surface area contributed by atoms with Crippen molar-refractivity contribution in [1.82, 2.24) is 25.5 Å². The first-order valence-corrected chi connectivity index (χ1v) is 7.87. The van der Waals surface area contributed by atoms with Gasteiger partial charge >= 0.3 is 0 Å². The van der Waals surface area contributed by atoms with Crippen LogP contribution in [-0.2, 0) is 4.79 Å². The number of aliphatic imine (C=N–C) groups is 1. The number of hydrogen-bond donors (Lipinski definition) is 2. The number of carbonyl (C=O) groups is 1. The zero-order chi connectivity index (χ0) is 16.7. The number of aromatic nitrogens is 2. The third-order valence-corrected chi connectivity index (χ3v) is 3.48. The number of rotatable bonds is 4. The molecule has 1 aromatic rings. The number of nitrogens with one attached hydrogen (secondary N) is 2. The van der Waals surface area contributed by atoms with Crippen LogP contribution in [0.3, 0.4) is 0 Å². The molecule has 126 valence electrons. The number of amides is 1. The highest BCUT2D eigenvalue weighted by molar-refractivity contribution is 5.86. The molecule has 2 N–H and O–H groups in total. The molecule has 8 nitrogen and oxygen atoms in total. The van der Waals surface area contributed by atoms with Gasteiger partial charge in [0.2, 0.25) is 11.9 Å². The number of piperazine rings is 1. The summed E-state index contributed by atoms with van der Waals surface area (Å²) in [6.45, 7) is 7.38. The van der Waals surface area contributed by atoms with E-state index in [0.29, 0.717) is 0 Å². The van der Waals surface area contributed by atoms with Crippen molar-refractivity contribution in [3.05, 3.63) is 18.5 Å². The van der Waals surface area contributed by atoms with Crippen LogP contribution in [0.5, 0.6) is 0 Å². The lowest BCUT2D eigenvalue weighted by molar-refractivity contribution is -0.120. The Balaban J connectivity index is 1.82. The molecule has 0 radical (unpaired) electrons. The number of guanidine groups is 1. The summed E-state index contributed by atoms with van der Waals surface area (Å²) in [6, 6.07) is 1.95. The third kappa shape index (κ3) is 5.08. The Kier molecular flexibility index (Phi) is 6.13. The van der Waals surface area contributed by atoms with Crippen LogP contribution in [0.15, 0.2) is 23.5 Å². The Hall–Kier alpha value is -2.38. The van der Waals surface area contributed by atoms with Gasteiger partial charge in [-0.3, -0.25) is 9.79 Å². The minimum absolute atomic E-state index is 0.0301. The molecule has 1 fully saturated rings. The van der Waals surface area contributed by atoms with Crippen LogP contribution in [-0.4, -0.2) is 72.5 Å². The van der Waals surface area contributed by atoms with Gasteiger partial charge in [-0.05, 0) is 19.9 Å². The standard InChI is InChI=1S/C15H25N7O/c1-12(2)20-13(23)11-19-14(16-3)21-7-9-22(10-8-21)15-17-5-4-6-18-15/h4-6,12H,7-11H2,1-3H3,(H,16,19)(H,20,23). The number of hydrogen-bond acceptors (Lipinski definition) is 5. The van der Waals surface area contributed by atoms with E-state index >= 15 is 0 Å². The van der Waals surface area contributed by atoms with E-state index in [2.05, 4.69) is 35.4 Å². The second-order valence-electron chi connectivity index (χ2n) is 5.65. The monoisotopic (exact) mass is 319 g/mol. The first-order chi connectivity index (χ1) is 11.1. The van der Waals surface area contributed by atoms with E-state index < -0.39 is 0 Å². The van der Waals surface area contributed by atoms with Crippen molar-refractivity contribution < 1.29 is 4.79 Å². The third-order valence-electron chi connectivity index (χ3n) is 3.48. The first kappa shape index (κ1) is 17.0. The highest BCUT2D eigenvalue weighted by Gasteiger charge is 2.21. The van der Waals surface area contributed by atoms with Crippen molar-refractivity contribution in [2.45, 2.75) is 19.9 Å². The van der Waals surface area contributed by atoms with Gasteiger partial charge in [0.15, 0.2) is 5.96 Å². The summed E-state index contributed by atoms with van der Waals surface area (Å²) in [4.78, 5) is 28.8. The molecular weight excluding hydrogens is 294 g/mol. The maximum atomic E-state index is 11.7. The Bertz CT molecular complexity index is 524. The minimum atomic E-state index is -0.0301. The maximum Gasteiger partial charge on any atom is 0.239 e. The van der Waals surface area contributed by atoms with Crippen molar-refractivity contribution in [2.75, 3.05) is 44.7 Å². The van der Waals surface area contributed by atoms with Crippen LogP contribution in [0, 0.1) is 0 Å². The smallest absolute Gasteiger partial charge is 0.239 e. The van der Waals surface area contributed by atoms with E-state index in [1.807, 2.05) is 19.9 Å². The largest absolute Gasteiger partial charge is 0.352 e. The van der Waals surface area contributed by atoms with Crippen LogP contribution in [0.25, 0.3) is 0 Å². The van der Waals surface area contributed by atoms with E-state index in [1.54, 1.807) is 19.4 Å². The van der Waals surface area contributed by atoms with Crippen molar-refractivity contribution in [3.8, 4) is 0 Å². The van der Waals surface area contributed by atoms with Crippen molar-refractivity contribution in [3.63, 3.8) is 0 Å². The molecule has 0 saturated carbocycles. The van der Waals surface area contributed by atoms with E-state index in [4.69, 9.17) is 0 Å². The Morgan fingerprint density at radius 1 is 1.26 bits per heavy atom. The van der Waals surface area contributed by atoms with Gasteiger partial charge in [0, 0.05) is 51.7 Å². The quantitative estimate of drug-likeness (QED) is 0.585. The van der Waals surface area contributed by atoms with Gasteiger partial charge in [0.25, 0.3) is 0 Å². The van der Waals surface area contributed by atoms with E-state index in [9.17, 15) is 4.79 Å². The average molecular weight is 319 g/mol. The van der Waals surface area contributed by atoms with Gasteiger partial charge < -0.3 is 20.4 Å². The number of nitrogens with zero attached hydrogens (tertiary/aromatic N) is 5. The number of carbonyl (C=O) groups excluding carboxylic acids is 1. The summed E-state index contributed by atoms with van der Waals surface area (Å²) in [7, 11) is 1.73. The predicted molar refractivity (Wildman–Crippen MR) is 90.5 cm³/mol. The zero-order valence-electron chi connectivity index (χ0n) is 14.0. The second-order valence-corrected chi connectivity index (χ2v) is 5.65. The van der Waals surface area contributed by atoms with Crippen LogP contribution >= 0.6 is 0 Å². The van der Waals surface area contributed by atoms with Crippen molar-refractivity contribution in [1.29, 1.82) is 0 Å². The van der Waals surface area contributed by atoms with Gasteiger partial charge in [0.05, 0.1) is 6.54 Å². The molecule has 0 unspecified atom stereocenters. The maximum absolute atomic E-state index is 11.7. The van der Waals surface area contributed by atoms with Gasteiger partial charge in [-0.1, -0.05) is 0 Å². The lowest BCUT2D eigenvalue weighted by Gasteiger charge is -2.36. The molecule has 8 heteroatoms. The van der Waals surface area contributed by atoms with Crippen LogP contribution in [0.1, 0.15) is 13.8 Å². The fourth-order valence-electron chi connectivity index (χ4n) is 2.44. The summed E-state index contributed by atoms with van der Waals surface area (Å²) in [5.74, 6) is 1.47. The lowest BCUT2D eigenvalue weighted by atomic mass is 10.3. The fraction of sp³-hybridized carbons (Fsp3) is 0.600. The van der Waals surface area contributed by atoms with Gasteiger partial charge in [-0.25, -0.2) is 9.97 Å². The molecular formula is C15H25N7O. The molecule has 0 aliphatic carbocycles. The van der Waals surface area contributed by atoms with Crippen molar-refractivity contribution in [2.24, 2.45) is 4.99 Å². The van der Waals surface area contributed by atoms with Crippen LogP contribution < -0.4 is 15.5 Å². The highest BCUT2D eigenvalue weighted by Crippen LogP contribution is 2.09. The molecule has 0 bridgehead atoms. The summed E-state index contributed by atoms with van der Waals surface area (Å²) in [5.41, 5.74) is 0. The topological polar surface area (TPSA) is 85.8 Å². The normalized spacial score (nSPS) is 15.7. The van der Waals surface area contributed by atoms with E-state index in [-0.39, 0.29) is 18.5 Å². The van der Waals surface area contributed by atoms with E-state index in [1.165, 1.54) is 0 Å². The van der Waals surface area contributed by atoms with Crippen molar-refractivity contribution >= 4 is 17.8 Å². The molecule has 23 heavy (non-hydrogen) atoms. The molecule has 0 atom stereocenters. The number of anilines is 1. The second kappa shape index (κ2) is 8.30. The molecule has 0 aromatic carbocycles. The summed E-state index contributed by atoms with van der Waals surface area (Å²) in [6.07, 6.45) is 3.51. The molecule has 2 heterocycles. The highest BCUT2D eigenvalue weighted by atomic mass is 16.2. The molecule has 1 aromatic heterocycles. The first-order valence-electron chi connectivity index (χ1n) is 7.87. The zero-order valence-corrected chi connectivity index (χ0v) is 14.0. The SMILES string of the molecule is CN=C(NCC(=O)NC(C)C)N1CCN(c2ncccn2)CC1. The lowest BCUT2D eigenvalue weighted by Crippen LogP contribution is -2.54. The summed E-state index contributed by atoms with van der Waals surface area (Å²) >= 11 is 0. The molecule has 0 spiro atoms. The van der Waals surface area contributed by atoms with Gasteiger partial charge in [-0.2, -0.15) is 0 Å². The Morgan fingerprint density at radius 2 is 1.91 bits per heavy atom. The summed E-state index contributed by atoms with van der Waals surface area (Å²) in [5, 5.41) is 5.97. The Morgan fingerprint density at radius 3 is 2.48 bits per heavy atom. The molecule has 2 rings (SSSR count). The van der Waals surface area contributed by atoms with E-state index in [0.717, 1.165) is 38.1 Å². The van der Waals surface area contributed by atoms with Gasteiger partial charge in [0.1, 0.15) is 0 Å². The molecule has 1 aliphatic heterocycles. The predicted octanol–water partition coefficient (Wildman–Crippen LogP) is -0.301. The molecule has 1 amide bonds. The Labute approximate surface area is 137 Å². The van der Waals surface area contributed by atoms with Gasteiger partial charge in [-0.15, -0.1) is 0 Å². The molecule has 1 saturated heterocycles. The van der Waals surface area contributed by atoms with Crippen LogP contribution in [0.4, 0.5) is 5.95 Å². The van der Waals surface area contributed by atoms with Crippen LogP contribution in [0.2, 0.25) is 0 Å². The summed E-state index contributed by atoms with van der Waals surface area (Å²) < 4.78 is 0. The average Bonchev–Trinajstić information content (AvgIpc) is 2.56. The fourth-order valence-corrected chi connectivity index (χ4v) is 2.44. The minimum Gasteiger partial charge on any atom is -0.352 e.